The highest BCUT2D eigenvalue weighted by Crippen LogP contribution is 2.64. The summed E-state index contributed by atoms with van der Waals surface area (Å²) in [6.07, 6.45) is 6.23. The van der Waals surface area contributed by atoms with Crippen LogP contribution in [0.3, 0.4) is 0 Å². The molecule has 6 nitrogen and oxygen atoms in total. The van der Waals surface area contributed by atoms with Gasteiger partial charge in [-0.1, -0.05) is 17.2 Å². The van der Waals surface area contributed by atoms with E-state index in [1.54, 1.807) is 36.7 Å². The molecule has 3 atom stereocenters. The first-order valence-electron chi connectivity index (χ1n) is 8.72. The average Bonchev–Trinajstić information content (AvgIpc) is 3.32. The second-order valence-electron chi connectivity index (χ2n) is 7.23. The van der Waals surface area contributed by atoms with Crippen LogP contribution >= 0.6 is 0 Å². The lowest BCUT2D eigenvalue weighted by molar-refractivity contribution is -0.182. The molecule has 1 aromatic carbocycles. The SMILES string of the molecule is O=C(ON1C(=O)c2ccccc2C1=O)C1C2CCC1(c1ccncc1)C2. The molecule has 26 heavy (non-hydrogen) atoms. The summed E-state index contributed by atoms with van der Waals surface area (Å²) < 4.78 is 0. The van der Waals surface area contributed by atoms with Crippen molar-refractivity contribution in [2.75, 3.05) is 0 Å². The van der Waals surface area contributed by atoms with Crippen LogP contribution in [0.2, 0.25) is 0 Å². The van der Waals surface area contributed by atoms with Gasteiger partial charge in [-0.05, 0) is 55.0 Å². The Kier molecular flexibility index (Phi) is 3.07. The van der Waals surface area contributed by atoms with Crippen molar-refractivity contribution < 1.29 is 19.2 Å². The van der Waals surface area contributed by atoms with E-state index in [2.05, 4.69) is 4.98 Å². The molecule has 0 N–H and O–H groups in total. The number of hydrogen-bond acceptors (Lipinski definition) is 5. The number of rotatable bonds is 3. The van der Waals surface area contributed by atoms with Gasteiger partial charge in [0.1, 0.15) is 0 Å². The Labute approximate surface area is 149 Å². The Bertz CT molecular complexity index is 903. The summed E-state index contributed by atoms with van der Waals surface area (Å²) in [7, 11) is 0. The maximum Gasteiger partial charge on any atom is 0.337 e. The van der Waals surface area contributed by atoms with Gasteiger partial charge in [0.05, 0.1) is 17.0 Å². The van der Waals surface area contributed by atoms with Gasteiger partial charge in [-0.2, -0.15) is 0 Å². The van der Waals surface area contributed by atoms with Gasteiger partial charge in [-0.25, -0.2) is 4.79 Å². The zero-order chi connectivity index (χ0) is 17.9. The van der Waals surface area contributed by atoms with Crippen LogP contribution in [0, 0.1) is 11.8 Å². The van der Waals surface area contributed by atoms with Crippen LogP contribution in [-0.2, 0) is 15.0 Å². The first kappa shape index (κ1) is 15.3. The Morgan fingerprint density at radius 2 is 1.73 bits per heavy atom. The van der Waals surface area contributed by atoms with Crippen molar-refractivity contribution in [2.24, 2.45) is 11.8 Å². The van der Waals surface area contributed by atoms with Crippen molar-refractivity contribution in [2.45, 2.75) is 24.7 Å². The Hall–Kier alpha value is -3.02. The number of imide groups is 1. The van der Waals surface area contributed by atoms with E-state index >= 15 is 0 Å². The lowest BCUT2D eigenvalue weighted by Crippen LogP contribution is -2.51. The van der Waals surface area contributed by atoms with Crippen molar-refractivity contribution in [3.63, 3.8) is 0 Å². The molecule has 0 radical (unpaired) electrons. The van der Waals surface area contributed by atoms with Gasteiger partial charge in [0.2, 0.25) is 0 Å². The third-order valence-corrected chi connectivity index (χ3v) is 6.10. The van der Waals surface area contributed by atoms with E-state index in [0.717, 1.165) is 24.8 Å². The summed E-state index contributed by atoms with van der Waals surface area (Å²) in [6.45, 7) is 0. The van der Waals surface area contributed by atoms with Gasteiger partial charge >= 0.3 is 5.97 Å². The molecule has 3 unspecified atom stereocenters. The molecule has 4 aliphatic rings. The van der Waals surface area contributed by atoms with Crippen LogP contribution in [0.1, 0.15) is 45.5 Å². The molecule has 1 aromatic heterocycles. The van der Waals surface area contributed by atoms with Gasteiger partial charge in [0.15, 0.2) is 0 Å². The minimum Gasteiger partial charge on any atom is -0.329 e. The molecule has 3 fully saturated rings. The topological polar surface area (TPSA) is 76.6 Å². The van der Waals surface area contributed by atoms with E-state index in [1.165, 1.54) is 0 Å². The van der Waals surface area contributed by atoms with Crippen molar-refractivity contribution in [1.82, 2.24) is 10.0 Å². The molecule has 6 rings (SSSR count). The highest BCUT2D eigenvalue weighted by atomic mass is 16.7. The van der Waals surface area contributed by atoms with Gasteiger partial charge in [-0.15, -0.1) is 0 Å². The molecule has 2 heterocycles. The highest BCUT2D eigenvalue weighted by molar-refractivity contribution is 6.20. The predicted molar refractivity (Wildman–Crippen MR) is 89.8 cm³/mol. The zero-order valence-corrected chi connectivity index (χ0v) is 13.9. The minimum atomic E-state index is -0.580. The quantitative estimate of drug-likeness (QED) is 0.797. The largest absolute Gasteiger partial charge is 0.337 e. The lowest BCUT2D eigenvalue weighted by atomic mass is 9.57. The molecule has 2 aromatic rings. The van der Waals surface area contributed by atoms with Crippen molar-refractivity contribution >= 4 is 17.8 Å². The number of aromatic nitrogens is 1. The molecule has 3 saturated carbocycles. The minimum absolute atomic E-state index is 0.242. The second kappa shape index (κ2) is 5.24. The molecule has 0 saturated heterocycles. The summed E-state index contributed by atoms with van der Waals surface area (Å²) in [5.74, 6) is -1.74. The van der Waals surface area contributed by atoms with E-state index in [-0.39, 0.29) is 28.4 Å². The summed E-state index contributed by atoms with van der Waals surface area (Å²) in [4.78, 5) is 47.1. The summed E-state index contributed by atoms with van der Waals surface area (Å²) in [6, 6.07) is 10.4. The third kappa shape index (κ3) is 1.87. The zero-order valence-electron chi connectivity index (χ0n) is 13.9. The van der Waals surface area contributed by atoms with E-state index in [1.807, 2.05) is 12.1 Å². The monoisotopic (exact) mass is 348 g/mol. The molecule has 2 bridgehead atoms. The molecule has 3 aliphatic carbocycles. The maximum atomic E-state index is 12.9. The smallest absolute Gasteiger partial charge is 0.329 e. The third-order valence-electron chi connectivity index (χ3n) is 6.10. The van der Waals surface area contributed by atoms with E-state index in [0.29, 0.717) is 5.06 Å². The number of benzene rings is 1. The normalized spacial score (nSPS) is 28.7. The van der Waals surface area contributed by atoms with Crippen LogP contribution in [0.5, 0.6) is 0 Å². The number of fused-ring (bicyclic) bond motifs is 2. The fourth-order valence-electron chi connectivity index (χ4n) is 4.91. The average molecular weight is 348 g/mol. The Morgan fingerprint density at radius 1 is 1.08 bits per heavy atom. The number of nitrogens with zero attached hydrogens (tertiary/aromatic N) is 2. The van der Waals surface area contributed by atoms with Gasteiger partial charge < -0.3 is 4.84 Å². The van der Waals surface area contributed by atoms with Crippen LogP contribution < -0.4 is 0 Å². The Balaban J connectivity index is 1.41. The van der Waals surface area contributed by atoms with Gasteiger partial charge in [0, 0.05) is 17.8 Å². The molecular weight excluding hydrogens is 332 g/mol. The number of carbonyl (C=O) groups is 3. The van der Waals surface area contributed by atoms with Gasteiger partial charge in [-0.3, -0.25) is 14.6 Å². The number of carbonyl (C=O) groups excluding carboxylic acids is 3. The number of hydroxylamine groups is 2. The van der Waals surface area contributed by atoms with Crippen molar-refractivity contribution in [3.8, 4) is 0 Å². The van der Waals surface area contributed by atoms with E-state index < -0.39 is 17.8 Å². The van der Waals surface area contributed by atoms with Crippen LogP contribution in [0.4, 0.5) is 0 Å². The first-order chi connectivity index (χ1) is 12.6. The van der Waals surface area contributed by atoms with E-state index in [9.17, 15) is 14.4 Å². The molecule has 130 valence electrons. The van der Waals surface area contributed by atoms with Crippen LogP contribution in [0.15, 0.2) is 48.8 Å². The first-order valence-corrected chi connectivity index (χ1v) is 8.72. The number of pyridine rings is 1. The number of amides is 2. The van der Waals surface area contributed by atoms with Crippen LogP contribution in [-0.4, -0.2) is 27.8 Å². The Morgan fingerprint density at radius 3 is 2.35 bits per heavy atom. The number of hydrogen-bond donors (Lipinski definition) is 0. The molecule has 1 aliphatic heterocycles. The highest BCUT2D eigenvalue weighted by Gasteiger charge is 2.64. The summed E-state index contributed by atoms with van der Waals surface area (Å²) >= 11 is 0. The standard InChI is InChI=1S/C20H16N2O4/c23-17-14-3-1-2-4-15(14)18(24)22(17)26-19(25)16-12-5-8-20(16,11-12)13-6-9-21-10-7-13/h1-4,6-7,9-10,12,16H,5,8,11H2. The summed E-state index contributed by atoms with van der Waals surface area (Å²) in [5.41, 5.74) is 1.35. The molecule has 6 heteroatoms. The fraction of sp³-hybridized carbons (Fsp3) is 0.300. The van der Waals surface area contributed by atoms with Gasteiger partial charge in [0.25, 0.3) is 11.8 Å². The van der Waals surface area contributed by atoms with E-state index in [4.69, 9.17) is 4.84 Å². The van der Waals surface area contributed by atoms with Crippen molar-refractivity contribution in [3.05, 3.63) is 65.5 Å². The van der Waals surface area contributed by atoms with Crippen LogP contribution in [0.25, 0.3) is 0 Å². The predicted octanol–water partition coefficient (Wildman–Crippen LogP) is 2.50. The second-order valence-corrected chi connectivity index (χ2v) is 7.23. The summed E-state index contributed by atoms with van der Waals surface area (Å²) in [5, 5.41) is 0.616. The molecular formula is C20H16N2O4. The fourth-order valence-corrected chi connectivity index (χ4v) is 4.91. The molecule has 0 spiro atoms. The molecule has 2 amide bonds. The lowest BCUT2D eigenvalue weighted by Gasteiger charge is -2.46. The maximum absolute atomic E-state index is 12.9. The van der Waals surface area contributed by atoms with Crippen molar-refractivity contribution in [1.29, 1.82) is 0 Å².